The number of alkyl halides is 3. The molecule has 1 aromatic heterocycles. The summed E-state index contributed by atoms with van der Waals surface area (Å²) in [7, 11) is 1.03. The van der Waals surface area contributed by atoms with Crippen LogP contribution < -0.4 is 11.2 Å². The maximum absolute atomic E-state index is 13.9. The molecule has 4 nitrogen and oxygen atoms in total. The van der Waals surface area contributed by atoms with E-state index in [1.54, 1.807) is 6.92 Å². The average molecular weight is 301 g/mol. The van der Waals surface area contributed by atoms with Crippen molar-refractivity contribution in [3.8, 4) is 11.3 Å². The first-order chi connectivity index (χ1) is 9.61. The van der Waals surface area contributed by atoms with E-state index >= 15 is 0 Å². The summed E-state index contributed by atoms with van der Waals surface area (Å²) in [6.45, 7) is 1.57. The highest BCUT2D eigenvalue weighted by molar-refractivity contribution is 5.66. The van der Waals surface area contributed by atoms with Gasteiger partial charge in [0.1, 0.15) is 17.2 Å². The quantitative estimate of drug-likeness (QED) is 0.650. The van der Waals surface area contributed by atoms with Gasteiger partial charge in [0, 0.05) is 24.4 Å². The number of nitrogen functional groups attached to an aromatic ring is 1. The topological polar surface area (TPSA) is 60.9 Å². The van der Waals surface area contributed by atoms with Gasteiger partial charge in [0.05, 0.1) is 0 Å². The number of aromatic nitrogens is 2. The first-order valence-electron chi connectivity index (χ1n) is 5.83. The molecule has 0 aliphatic rings. The van der Waals surface area contributed by atoms with Crippen LogP contribution in [0.3, 0.4) is 0 Å². The number of halogens is 4. The van der Waals surface area contributed by atoms with Crippen molar-refractivity contribution in [3.63, 3.8) is 0 Å². The fraction of sp³-hybridized carbons (Fsp3) is 0.231. The zero-order valence-electron chi connectivity index (χ0n) is 11.1. The Kier molecular flexibility index (Phi) is 3.48. The molecule has 0 spiro atoms. The largest absolute Gasteiger partial charge is 0.433 e. The summed E-state index contributed by atoms with van der Waals surface area (Å²) < 4.78 is 52.4. The second-order valence-electron chi connectivity index (χ2n) is 4.55. The lowest BCUT2D eigenvalue weighted by molar-refractivity contribution is -0.144. The molecule has 2 rings (SSSR count). The van der Waals surface area contributed by atoms with Gasteiger partial charge < -0.3 is 5.73 Å². The van der Waals surface area contributed by atoms with Gasteiger partial charge in [-0.2, -0.15) is 18.3 Å². The summed E-state index contributed by atoms with van der Waals surface area (Å²) in [6.07, 6.45) is -4.72. The van der Waals surface area contributed by atoms with Gasteiger partial charge in [-0.15, -0.1) is 0 Å². The SMILES string of the molecule is Cc1cc(F)c(-c2nn(C)c(C(F)(F)F)cc2=O)cc1N. The lowest BCUT2D eigenvalue weighted by Gasteiger charge is -2.13. The van der Waals surface area contributed by atoms with Gasteiger partial charge in [0.25, 0.3) is 0 Å². The first kappa shape index (κ1) is 15.0. The van der Waals surface area contributed by atoms with Crippen molar-refractivity contribution in [2.45, 2.75) is 13.1 Å². The van der Waals surface area contributed by atoms with E-state index < -0.39 is 28.8 Å². The molecule has 1 heterocycles. The predicted molar refractivity (Wildman–Crippen MR) is 69.0 cm³/mol. The van der Waals surface area contributed by atoms with Crippen molar-refractivity contribution in [2.24, 2.45) is 7.05 Å². The molecule has 8 heteroatoms. The highest BCUT2D eigenvalue weighted by atomic mass is 19.4. The molecule has 0 saturated heterocycles. The molecule has 2 N–H and O–H groups in total. The molecule has 0 amide bonds. The molecule has 21 heavy (non-hydrogen) atoms. The maximum Gasteiger partial charge on any atom is 0.433 e. The molecule has 0 bridgehead atoms. The molecule has 1 aromatic carbocycles. The van der Waals surface area contributed by atoms with Crippen LogP contribution in [0.2, 0.25) is 0 Å². The van der Waals surface area contributed by atoms with Crippen LogP contribution in [0.4, 0.5) is 23.2 Å². The summed E-state index contributed by atoms with van der Waals surface area (Å²) in [5.41, 5.74) is 3.42. The van der Waals surface area contributed by atoms with E-state index in [2.05, 4.69) is 5.10 Å². The van der Waals surface area contributed by atoms with Gasteiger partial charge in [-0.3, -0.25) is 9.48 Å². The smallest absolute Gasteiger partial charge is 0.398 e. The molecular weight excluding hydrogens is 290 g/mol. The van der Waals surface area contributed by atoms with Crippen LogP contribution in [0.1, 0.15) is 11.3 Å². The Balaban J connectivity index is 2.70. The van der Waals surface area contributed by atoms with E-state index in [0.717, 1.165) is 13.1 Å². The summed E-state index contributed by atoms with van der Waals surface area (Å²) in [5, 5.41) is 3.53. The molecule has 0 atom stereocenters. The lowest BCUT2D eigenvalue weighted by atomic mass is 10.1. The molecule has 0 unspecified atom stereocenters. The third-order valence-electron chi connectivity index (χ3n) is 3.00. The number of hydrogen-bond donors (Lipinski definition) is 1. The maximum atomic E-state index is 13.9. The minimum absolute atomic E-state index is 0.218. The van der Waals surface area contributed by atoms with E-state index in [9.17, 15) is 22.4 Å². The average Bonchev–Trinajstić information content (AvgIpc) is 2.35. The van der Waals surface area contributed by atoms with Crippen molar-refractivity contribution < 1.29 is 17.6 Å². The lowest BCUT2D eigenvalue weighted by Crippen LogP contribution is -2.23. The minimum Gasteiger partial charge on any atom is -0.398 e. The molecule has 2 aromatic rings. The Morgan fingerprint density at radius 1 is 1.24 bits per heavy atom. The van der Waals surface area contributed by atoms with Gasteiger partial charge in [-0.05, 0) is 24.6 Å². The fourth-order valence-corrected chi connectivity index (χ4v) is 1.86. The van der Waals surface area contributed by atoms with Gasteiger partial charge in [0.15, 0.2) is 0 Å². The van der Waals surface area contributed by atoms with Crippen LogP contribution >= 0.6 is 0 Å². The Morgan fingerprint density at radius 2 is 1.86 bits per heavy atom. The highest BCUT2D eigenvalue weighted by Crippen LogP contribution is 2.29. The summed E-state index contributed by atoms with van der Waals surface area (Å²) in [6, 6.07) is 2.67. The highest BCUT2D eigenvalue weighted by Gasteiger charge is 2.34. The van der Waals surface area contributed by atoms with Gasteiger partial charge in [0.2, 0.25) is 5.43 Å². The zero-order valence-corrected chi connectivity index (χ0v) is 11.1. The van der Waals surface area contributed by atoms with Crippen LogP contribution in [0, 0.1) is 12.7 Å². The third kappa shape index (κ3) is 2.74. The van der Waals surface area contributed by atoms with Crippen molar-refractivity contribution in [1.29, 1.82) is 0 Å². The zero-order chi connectivity index (χ0) is 15.9. The minimum atomic E-state index is -4.72. The molecule has 112 valence electrons. The van der Waals surface area contributed by atoms with Gasteiger partial charge in [-0.1, -0.05) is 0 Å². The van der Waals surface area contributed by atoms with E-state index in [0.29, 0.717) is 16.3 Å². The molecule has 0 fully saturated rings. The van der Waals surface area contributed by atoms with Crippen LogP contribution in [0.15, 0.2) is 23.0 Å². The van der Waals surface area contributed by atoms with Crippen LogP contribution in [0.25, 0.3) is 11.3 Å². The van der Waals surface area contributed by atoms with E-state index in [4.69, 9.17) is 5.73 Å². The predicted octanol–water partition coefficient (Wildman–Crippen LogP) is 2.50. The Hall–Kier alpha value is -2.38. The van der Waals surface area contributed by atoms with E-state index in [1.165, 1.54) is 6.07 Å². The molecule has 0 aliphatic carbocycles. The molecule has 0 aliphatic heterocycles. The second kappa shape index (κ2) is 4.87. The second-order valence-corrected chi connectivity index (χ2v) is 4.55. The number of hydrogen-bond acceptors (Lipinski definition) is 3. The number of nitrogens with two attached hydrogens (primary N) is 1. The van der Waals surface area contributed by atoms with Crippen LogP contribution in [-0.2, 0) is 13.2 Å². The van der Waals surface area contributed by atoms with Gasteiger partial charge in [-0.25, -0.2) is 4.39 Å². The molecular formula is C13H11F4N3O. The van der Waals surface area contributed by atoms with Crippen molar-refractivity contribution >= 4 is 5.69 Å². The molecule has 0 radical (unpaired) electrons. The fourth-order valence-electron chi connectivity index (χ4n) is 1.86. The third-order valence-corrected chi connectivity index (χ3v) is 3.00. The summed E-state index contributed by atoms with van der Waals surface area (Å²) in [5.74, 6) is -0.772. The number of benzene rings is 1. The number of anilines is 1. The Bertz CT molecular complexity index is 765. The Morgan fingerprint density at radius 3 is 2.43 bits per heavy atom. The van der Waals surface area contributed by atoms with Crippen LogP contribution in [-0.4, -0.2) is 9.78 Å². The van der Waals surface area contributed by atoms with Gasteiger partial charge >= 0.3 is 6.18 Å². The van der Waals surface area contributed by atoms with Crippen LogP contribution in [0.5, 0.6) is 0 Å². The Labute approximate surface area is 116 Å². The standard InChI is InChI=1S/C13H11F4N3O/c1-6-3-8(14)7(4-9(6)18)12-10(21)5-11(13(15,16)17)20(2)19-12/h3-5H,18H2,1-2H3. The number of nitrogens with zero attached hydrogens (tertiary/aromatic N) is 2. The summed E-state index contributed by atoms with van der Waals surface area (Å²) >= 11 is 0. The summed E-state index contributed by atoms with van der Waals surface area (Å²) in [4.78, 5) is 11.8. The molecule has 0 saturated carbocycles. The number of rotatable bonds is 1. The van der Waals surface area contributed by atoms with Crippen molar-refractivity contribution in [3.05, 3.63) is 45.5 Å². The van der Waals surface area contributed by atoms with Crippen molar-refractivity contribution in [1.82, 2.24) is 9.78 Å². The van der Waals surface area contributed by atoms with E-state index in [-0.39, 0.29) is 11.3 Å². The number of aryl methyl sites for hydroxylation is 2. The normalized spacial score (nSPS) is 11.7. The van der Waals surface area contributed by atoms with Crippen molar-refractivity contribution in [2.75, 3.05) is 5.73 Å². The van der Waals surface area contributed by atoms with E-state index in [1.807, 2.05) is 0 Å². The first-order valence-corrected chi connectivity index (χ1v) is 5.83. The monoisotopic (exact) mass is 301 g/mol.